The SMILES string of the molecule is O=C(Nc1ccc(=O)n(Cc2ccccc2Cl)c1)c1ccc(-c2cnco2)cc1. The van der Waals surface area contributed by atoms with E-state index in [2.05, 4.69) is 10.3 Å². The Hall–Kier alpha value is -3.64. The van der Waals surface area contributed by atoms with Crippen LogP contribution in [0.5, 0.6) is 0 Å². The number of hydrogen-bond donors (Lipinski definition) is 1. The Labute approximate surface area is 171 Å². The maximum atomic E-state index is 12.6. The number of carbonyl (C=O) groups is 1. The van der Waals surface area contributed by atoms with E-state index in [0.29, 0.717) is 28.6 Å². The van der Waals surface area contributed by atoms with Crippen LogP contribution in [-0.2, 0) is 6.54 Å². The zero-order valence-electron chi connectivity index (χ0n) is 15.2. The second-order valence-corrected chi connectivity index (χ2v) is 6.78. The average molecular weight is 406 g/mol. The van der Waals surface area contributed by atoms with Crippen molar-refractivity contribution in [3.8, 4) is 11.3 Å². The van der Waals surface area contributed by atoms with Crippen molar-refractivity contribution in [3.63, 3.8) is 0 Å². The zero-order chi connectivity index (χ0) is 20.2. The molecule has 0 saturated heterocycles. The second-order valence-electron chi connectivity index (χ2n) is 6.37. The molecule has 0 aliphatic carbocycles. The van der Waals surface area contributed by atoms with Crippen molar-refractivity contribution in [2.45, 2.75) is 6.54 Å². The van der Waals surface area contributed by atoms with Crippen LogP contribution in [0.3, 0.4) is 0 Å². The minimum atomic E-state index is -0.280. The fourth-order valence-electron chi connectivity index (χ4n) is 2.89. The Kier molecular flexibility index (Phi) is 5.27. The summed E-state index contributed by atoms with van der Waals surface area (Å²) >= 11 is 6.18. The number of halogens is 1. The molecule has 7 heteroatoms. The molecule has 4 rings (SSSR count). The summed E-state index contributed by atoms with van der Waals surface area (Å²) in [5.74, 6) is 0.348. The lowest BCUT2D eigenvalue weighted by atomic mass is 10.1. The molecular formula is C22H16ClN3O3. The van der Waals surface area contributed by atoms with Crippen LogP contribution in [0, 0.1) is 0 Å². The van der Waals surface area contributed by atoms with E-state index < -0.39 is 0 Å². The van der Waals surface area contributed by atoms with Gasteiger partial charge in [-0.15, -0.1) is 0 Å². The lowest BCUT2D eigenvalue weighted by Crippen LogP contribution is -2.21. The van der Waals surface area contributed by atoms with Gasteiger partial charge in [0.2, 0.25) is 0 Å². The van der Waals surface area contributed by atoms with Crippen molar-refractivity contribution in [2.24, 2.45) is 0 Å². The largest absolute Gasteiger partial charge is 0.444 e. The number of hydrogen-bond acceptors (Lipinski definition) is 4. The number of benzene rings is 2. The van der Waals surface area contributed by atoms with Crippen LogP contribution in [0.25, 0.3) is 11.3 Å². The van der Waals surface area contributed by atoms with Crippen LogP contribution >= 0.6 is 11.6 Å². The van der Waals surface area contributed by atoms with Gasteiger partial charge in [-0.1, -0.05) is 41.9 Å². The average Bonchev–Trinajstić information content (AvgIpc) is 3.27. The number of nitrogens with zero attached hydrogens (tertiary/aromatic N) is 2. The molecule has 2 aromatic carbocycles. The van der Waals surface area contributed by atoms with Gasteiger partial charge in [0.1, 0.15) is 0 Å². The van der Waals surface area contributed by atoms with E-state index >= 15 is 0 Å². The molecule has 0 atom stereocenters. The van der Waals surface area contributed by atoms with Gasteiger partial charge in [-0.05, 0) is 29.8 Å². The van der Waals surface area contributed by atoms with Gasteiger partial charge in [0.25, 0.3) is 11.5 Å². The molecule has 29 heavy (non-hydrogen) atoms. The van der Waals surface area contributed by atoms with Crippen LogP contribution in [-0.4, -0.2) is 15.5 Å². The van der Waals surface area contributed by atoms with Crippen molar-refractivity contribution in [1.29, 1.82) is 0 Å². The van der Waals surface area contributed by atoms with Crippen LogP contribution in [0.2, 0.25) is 5.02 Å². The number of amides is 1. The topological polar surface area (TPSA) is 77.1 Å². The maximum Gasteiger partial charge on any atom is 0.255 e. The molecule has 4 aromatic rings. The minimum Gasteiger partial charge on any atom is -0.444 e. The number of oxazole rings is 1. The summed E-state index contributed by atoms with van der Waals surface area (Å²) < 4.78 is 6.75. The Morgan fingerprint density at radius 1 is 1.07 bits per heavy atom. The van der Waals surface area contributed by atoms with E-state index in [4.69, 9.17) is 16.0 Å². The first kappa shape index (κ1) is 18.7. The van der Waals surface area contributed by atoms with E-state index in [1.807, 2.05) is 18.2 Å². The van der Waals surface area contributed by atoms with Gasteiger partial charge in [0, 0.05) is 28.4 Å². The summed E-state index contributed by atoms with van der Waals surface area (Å²) in [6, 6.07) is 17.3. The number of anilines is 1. The summed E-state index contributed by atoms with van der Waals surface area (Å²) in [5, 5.41) is 3.40. The number of pyridine rings is 1. The molecule has 1 N–H and O–H groups in total. The highest BCUT2D eigenvalue weighted by atomic mass is 35.5. The number of carbonyl (C=O) groups excluding carboxylic acids is 1. The highest BCUT2D eigenvalue weighted by Crippen LogP contribution is 2.20. The van der Waals surface area contributed by atoms with Crippen LogP contribution in [0.1, 0.15) is 15.9 Å². The van der Waals surface area contributed by atoms with Crippen molar-refractivity contribution in [3.05, 3.63) is 106 Å². The summed E-state index contributed by atoms with van der Waals surface area (Å²) in [7, 11) is 0. The number of rotatable bonds is 5. The molecule has 0 bridgehead atoms. The van der Waals surface area contributed by atoms with Gasteiger partial charge >= 0.3 is 0 Å². The van der Waals surface area contributed by atoms with Crippen molar-refractivity contribution >= 4 is 23.2 Å². The third kappa shape index (κ3) is 4.28. The van der Waals surface area contributed by atoms with E-state index in [-0.39, 0.29) is 11.5 Å². The van der Waals surface area contributed by atoms with Crippen molar-refractivity contribution in [1.82, 2.24) is 9.55 Å². The fourth-order valence-corrected chi connectivity index (χ4v) is 3.08. The Morgan fingerprint density at radius 3 is 2.59 bits per heavy atom. The lowest BCUT2D eigenvalue weighted by Gasteiger charge is -2.11. The molecule has 2 heterocycles. The molecular weight excluding hydrogens is 390 g/mol. The Bertz CT molecular complexity index is 1200. The molecule has 2 aromatic heterocycles. The van der Waals surface area contributed by atoms with Crippen molar-refractivity contribution < 1.29 is 9.21 Å². The van der Waals surface area contributed by atoms with E-state index in [9.17, 15) is 9.59 Å². The molecule has 0 aliphatic rings. The van der Waals surface area contributed by atoms with Gasteiger partial charge in [-0.3, -0.25) is 9.59 Å². The van der Waals surface area contributed by atoms with Crippen LogP contribution in [0.4, 0.5) is 5.69 Å². The molecule has 1 amide bonds. The van der Waals surface area contributed by atoms with Gasteiger partial charge in [-0.2, -0.15) is 0 Å². The van der Waals surface area contributed by atoms with Gasteiger partial charge < -0.3 is 14.3 Å². The van der Waals surface area contributed by atoms with E-state index in [1.54, 1.807) is 48.8 Å². The number of nitrogens with one attached hydrogen (secondary N) is 1. The third-order valence-corrected chi connectivity index (χ3v) is 4.77. The summed E-state index contributed by atoms with van der Waals surface area (Å²) in [4.78, 5) is 28.6. The van der Waals surface area contributed by atoms with E-state index in [1.165, 1.54) is 17.0 Å². The van der Waals surface area contributed by atoms with Gasteiger partial charge in [-0.25, -0.2) is 4.98 Å². The van der Waals surface area contributed by atoms with E-state index in [0.717, 1.165) is 11.1 Å². The first-order chi connectivity index (χ1) is 14.1. The predicted octanol–water partition coefficient (Wildman–Crippen LogP) is 4.46. The third-order valence-electron chi connectivity index (χ3n) is 4.40. The summed E-state index contributed by atoms with van der Waals surface area (Å²) in [5.41, 5.74) is 2.47. The molecule has 144 valence electrons. The van der Waals surface area contributed by atoms with Gasteiger partial charge in [0.05, 0.1) is 18.4 Å². The normalized spacial score (nSPS) is 10.7. The standard InChI is InChI=1S/C22H16ClN3O3/c23-19-4-2-1-3-17(19)12-26-13-18(9-10-21(26)27)25-22(28)16-7-5-15(6-8-16)20-11-24-14-29-20/h1-11,13-14H,12H2,(H,25,28). The molecule has 0 radical (unpaired) electrons. The zero-order valence-corrected chi connectivity index (χ0v) is 16.0. The van der Waals surface area contributed by atoms with Gasteiger partial charge in [0.15, 0.2) is 12.2 Å². The Morgan fingerprint density at radius 2 is 1.86 bits per heavy atom. The minimum absolute atomic E-state index is 0.181. The first-order valence-electron chi connectivity index (χ1n) is 8.84. The molecule has 0 spiro atoms. The van der Waals surface area contributed by atoms with Crippen LogP contribution < -0.4 is 10.9 Å². The molecule has 6 nitrogen and oxygen atoms in total. The highest BCUT2D eigenvalue weighted by molar-refractivity contribution is 6.31. The van der Waals surface area contributed by atoms with Crippen molar-refractivity contribution in [2.75, 3.05) is 5.32 Å². The summed E-state index contributed by atoms with van der Waals surface area (Å²) in [6.07, 6.45) is 4.57. The van der Waals surface area contributed by atoms with Crippen LogP contribution in [0.15, 0.2) is 88.7 Å². The predicted molar refractivity (Wildman–Crippen MR) is 111 cm³/mol. The Balaban J connectivity index is 1.51. The lowest BCUT2D eigenvalue weighted by molar-refractivity contribution is 0.102. The molecule has 0 fully saturated rings. The fraction of sp³-hybridized carbons (Fsp3) is 0.0455. The number of aromatic nitrogens is 2. The molecule has 0 aliphatic heterocycles. The molecule has 0 saturated carbocycles. The molecule has 0 unspecified atom stereocenters. The quantitative estimate of drug-likeness (QED) is 0.532. The maximum absolute atomic E-state index is 12.6. The summed E-state index contributed by atoms with van der Waals surface area (Å²) in [6.45, 7) is 0.314. The first-order valence-corrected chi connectivity index (χ1v) is 9.22. The second kappa shape index (κ2) is 8.16. The smallest absolute Gasteiger partial charge is 0.255 e. The monoisotopic (exact) mass is 405 g/mol. The highest BCUT2D eigenvalue weighted by Gasteiger charge is 2.09.